The van der Waals surface area contributed by atoms with E-state index in [-0.39, 0.29) is 35.8 Å². The molecule has 0 saturated carbocycles. The number of aliphatic hydroxyl groups is 2. The zero-order chi connectivity index (χ0) is 25.5. The molecule has 7 nitrogen and oxygen atoms in total. The molecule has 3 atom stereocenters. The number of hydrogen-bond donors (Lipinski definition) is 3. The lowest BCUT2D eigenvalue weighted by Crippen LogP contribution is -2.36. The first-order valence-corrected chi connectivity index (χ1v) is 12.5. The number of rotatable bonds is 6. The van der Waals surface area contributed by atoms with Gasteiger partial charge in [-0.15, -0.1) is 11.3 Å². The molecule has 0 spiro atoms. The molecule has 2 aromatic heterocycles. The van der Waals surface area contributed by atoms with E-state index in [9.17, 15) is 10.2 Å². The Labute approximate surface area is 214 Å². The maximum atomic E-state index is 15.4. The summed E-state index contributed by atoms with van der Waals surface area (Å²) in [5, 5.41) is 22.2. The zero-order valence-electron chi connectivity index (χ0n) is 19.3. The standard InChI is InChI=1S/C27H21F2N3O4S/c28-18-11-19-24(32-27(31-19)36-21-13-35-20(12-33)25(21)34)23(29)22(18)16-5-1-14(2-6-16)15-3-7-17(8-4-15)26-30-9-10-37-26/h1-11,20-21,25,33-34H,12-13H2,(H,31,32)/t20-,21-,25-/m1/s1. The summed E-state index contributed by atoms with van der Waals surface area (Å²) in [6.07, 6.45) is -0.874. The summed E-state index contributed by atoms with van der Waals surface area (Å²) in [5.41, 5.74) is 3.12. The average Bonchev–Trinajstić information content (AvgIpc) is 3.66. The van der Waals surface area contributed by atoms with Gasteiger partial charge in [0.2, 0.25) is 0 Å². The van der Waals surface area contributed by atoms with Gasteiger partial charge in [-0.05, 0) is 16.7 Å². The van der Waals surface area contributed by atoms with Gasteiger partial charge in [0.15, 0.2) is 11.9 Å². The van der Waals surface area contributed by atoms with Gasteiger partial charge in [-0.3, -0.25) is 0 Å². The number of aliphatic hydroxyl groups excluding tert-OH is 2. The minimum atomic E-state index is -1.07. The van der Waals surface area contributed by atoms with Gasteiger partial charge in [0.05, 0.1) is 24.3 Å². The minimum absolute atomic E-state index is 0.0333. The summed E-state index contributed by atoms with van der Waals surface area (Å²) in [7, 11) is 0. The van der Waals surface area contributed by atoms with Crippen LogP contribution in [0.25, 0.3) is 43.9 Å². The van der Waals surface area contributed by atoms with E-state index < -0.39 is 29.9 Å². The molecule has 1 aliphatic rings. The normalized spacial score (nSPS) is 19.5. The maximum Gasteiger partial charge on any atom is 0.295 e. The molecule has 1 saturated heterocycles. The number of aromatic nitrogens is 3. The third-order valence-electron chi connectivity index (χ3n) is 6.40. The highest BCUT2D eigenvalue weighted by Gasteiger charge is 2.37. The van der Waals surface area contributed by atoms with Crippen LogP contribution in [0.3, 0.4) is 0 Å². The van der Waals surface area contributed by atoms with Gasteiger partial charge in [-0.1, -0.05) is 48.5 Å². The minimum Gasteiger partial charge on any atom is -0.456 e. The molecule has 1 fully saturated rings. The molecule has 3 N–H and O–H groups in total. The number of halogens is 2. The predicted octanol–water partition coefficient (Wildman–Crippen LogP) is 4.80. The Bertz CT molecular complexity index is 1540. The number of nitrogens with zero attached hydrogens (tertiary/aromatic N) is 2. The summed E-state index contributed by atoms with van der Waals surface area (Å²) in [4.78, 5) is 11.2. The first kappa shape index (κ1) is 23.7. The van der Waals surface area contributed by atoms with Gasteiger partial charge in [0.1, 0.15) is 28.5 Å². The molecule has 0 radical (unpaired) electrons. The van der Waals surface area contributed by atoms with Crippen molar-refractivity contribution in [2.75, 3.05) is 13.2 Å². The van der Waals surface area contributed by atoms with Crippen LogP contribution < -0.4 is 4.74 Å². The van der Waals surface area contributed by atoms with Crippen LogP contribution in [-0.2, 0) is 4.74 Å². The summed E-state index contributed by atoms with van der Waals surface area (Å²) >= 11 is 1.57. The van der Waals surface area contributed by atoms with Crippen LogP contribution in [0.4, 0.5) is 8.78 Å². The number of imidazole rings is 1. The Balaban J connectivity index is 1.26. The molecule has 0 amide bonds. The largest absolute Gasteiger partial charge is 0.456 e. The van der Waals surface area contributed by atoms with Crippen molar-refractivity contribution in [1.29, 1.82) is 0 Å². The Morgan fingerprint density at radius 2 is 1.70 bits per heavy atom. The number of H-pyrrole nitrogens is 1. The molecule has 1 aliphatic heterocycles. The summed E-state index contributed by atoms with van der Waals surface area (Å²) in [5.74, 6) is -1.57. The van der Waals surface area contributed by atoms with Gasteiger partial charge >= 0.3 is 0 Å². The van der Waals surface area contributed by atoms with E-state index in [0.717, 1.165) is 27.8 Å². The van der Waals surface area contributed by atoms with Crippen molar-refractivity contribution in [2.45, 2.75) is 18.3 Å². The number of fused-ring (bicyclic) bond motifs is 1. The molecule has 37 heavy (non-hydrogen) atoms. The first-order chi connectivity index (χ1) is 18.0. The molecule has 188 valence electrons. The Kier molecular flexibility index (Phi) is 6.17. The highest BCUT2D eigenvalue weighted by Crippen LogP contribution is 2.34. The molecule has 0 unspecified atom stereocenters. The second-order valence-corrected chi connectivity index (χ2v) is 9.57. The smallest absolute Gasteiger partial charge is 0.295 e. The second kappa shape index (κ2) is 9.64. The van der Waals surface area contributed by atoms with E-state index in [1.54, 1.807) is 29.7 Å². The molecule has 0 bridgehead atoms. The lowest BCUT2D eigenvalue weighted by molar-refractivity contribution is -0.00390. The fourth-order valence-corrected chi connectivity index (χ4v) is 5.09. The molecular formula is C27H21F2N3O4S. The quantitative estimate of drug-likeness (QED) is 0.297. The third kappa shape index (κ3) is 4.38. The van der Waals surface area contributed by atoms with Gasteiger partial charge in [0, 0.05) is 23.2 Å². The summed E-state index contributed by atoms with van der Waals surface area (Å²) in [6, 6.07) is 16.0. The fourth-order valence-electron chi connectivity index (χ4n) is 4.44. The molecule has 5 aromatic rings. The zero-order valence-corrected chi connectivity index (χ0v) is 20.1. The van der Waals surface area contributed by atoms with Gasteiger partial charge in [0.25, 0.3) is 6.01 Å². The van der Waals surface area contributed by atoms with Crippen LogP contribution in [0.1, 0.15) is 0 Å². The SMILES string of the molecule is OC[C@H]1OC[C@@H](Oc2nc3c(F)c(-c4ccc(-c5ccc(-c6nccs6)cc5)cc4)c(F)cc3[nH]2)[C@@H]1O. The lowest BCUT2D eigenvalue weighted by atomic mass is 9.98. The lowest BCUT2D eigenvalue weighted by Gasteiger charge is -2.15. The third-order valence-corrected chi connectivity index (χ3v) is 7.22. The van der Waals surface area contributed by atoms with Crippen molar-refractivity contribution in [2.24, 2.45) is 0 Å². The second-order valence-electron chi connectivity index (χ2n) is 8.68. The maximum absolute atomic E-state index is 15.4. The van der Waals surface area contributed by atoms with Gasteiger partial charge < -0.3 is 24.7 Å². The van der Waals surface area contributed by atoms with Crippen LogP contribution in [-0.4, -0.2) is 56.7 Å². The Hall–Kier alpha value is -3.70. The van der Waals surface area contributed by atoms with Crippen molar-refractivity contribution >= 4 is 22.4 Å². The highest BCUT2D eigenvalue weighted by molar-refractivity contribution is 7.13. The summed E-state index contributed by atoms with van der Waals surface area (Å²) in [6.45, 7) is -0.327. The van der Waals surface area contributed by atoms with E-state index in [4.69, 9.17) is 9.47 Å². The number of ether oxygens (including phenoxy) is 2. The van der Waals surface area contributed by atoms with E-state index in [1.165, 1.54) is 0 Å². The predicted molar refractivity (Wildman–Crippen MR) is 135 cm³/mol. The van der Waals surface area contributed by atoms with Crippen molar-refractivity contribution in [3.05, 3.63) is 77.8 Å². The number of aromatic amines is 1. The highest BCUT2D eigenvalue weighted by atomic mass is 32.1. The van der Waals surface area contributed by atoms with Crippen LogP contribution >= 0.6 is 11.3 Å². The van der Waals surface area contributed by atoms with Gasteiger partial charge in [-0.25, -0.2) is 13.8 Å². The number of nitrogens with one attached hydrogen (secondary N) is 1. The molecule has 6 rings (SSSR count). The number of benzene rings is 3. The van der Waals surface area contributed by atoms with Crippen LogP contribution in [0.5, 0.6) is 6.01 Å². The molecule has 0 aliphatic carbocycles. The van der Waals surface area contributed by atoms with E-state index in [1.807, 2.05) is 41.8 Å². The van der Waals surface area contributed by atoms with Crippen LogP contribution in [0, 0.1) is 11.6 Å². The topological polar surface area (TPSA) is 100 Å². The summed E-state index contributed by atoms with van der Waals surface area (Å²) < 4.78 is 41.3. The molecule has 10 heteroatoms. The number of thiazole rings is 1. The average molecular weight is 522 g/mol. The van der Waals surface area contributed by atoms with Crippen LogP contribution in [0.2, 0.25) is 0 Å². The van der Waals surface area contributed by atoms with Crippen molar-refractivity contribution in [3.63, 3.8) is 0 Å². The van der Waals surface area contributed by atoms with Crippen LogP contribution in [0.15, 0.2) is 66.2 Å². The monoisotopic (exact) mass is 521 g/mol. The van der Waals surface area contributed by atoms with E-state index in [0.29, 0.717) is 5.56 Å². The molecule has 3 aromatic carbocycles. The van der Waals surface area contributed by atoms with E-state index in [2.05, 4.69) is 15.0 Å². The molecule has 3 heterocycles. The number of hydrogen-bond acceptors (Lipinski definition) is 7. The Morgan fingerprint density at radius 3 is 2.32 bits per heavy atom. The fraction of sp³-hybridized carbons (Fsp3) is 0.185. The molecular weight excluding hydrogens is 500 g/mol. The van der Waals surface area contributed by atoms with Crippen molar-refractivity contribution in [3.8, 4) is 38.8 Å². The van der Waals surface area contributed by atoms with Crippen molar-refractivity contribution in [1.82, 2.24) is 15.0 Å². The van der Waals surface area contributed by atoms with Gasteiger partial charge in [-0.2, -0.15) is 4.98 Å². The Morgan fingerprint density at radius 1 is 1.03 bits per heavy atom. The van der Waals surface area contributed by atoms with Crippen molar-refractivity contribution < 1.29 is 28.5 Å². The van der Waals surface area contributed by atoms with E-state index >= 15 is 8.78 Å². The first-order valence-electron chi connectivity index (χ1n) is 11.6.